The molecule has 0 N–H and O–H groups in total. The topological polar surface area (TPSA) is 8.81 Å². The highest BCUT2D eigenvalue weighted by Gasteiger charge is 2.01. The van der Waals surface area contributed by atoms with Crippen LogP contribution in [0.4, 0.5) is 0 Å². The SMILES string of the molecule is C#CCCCn1cc[n+](CCCC#C)c1. The fourth-order valence-electron chi connectivity index (χ4n) is 1.43. The number of hydrogen-bond donors (Lipinski definition) is 0. The van der Waals surface area contributed by atoms with Crippen molar-refractivity contribution in [3.63, 3.8) is 0 Å². The molecule has 0 aromatic carbocycles. The molecule has 1 aromatic heterocycles. The van der Waals surface area contributed by atoms with Gasteiger partial charge in [-0.2, -0.15) is 0 Å². The van der Waals surface area contributed by atoms with Crippen LogP contribution in [0.3, 0.4) is 0 Å². The van der Waals surface area contributed by atoms with Gasteiger partial charge in [-0.3, -0.25) is 0 Å². The highest BCUT2D eigenvalue weighted by molar-refractivity contribution is 4.83. The minimum Gasteiger partial charge on any atom is -0.237 e. The van der Waals surface area contributed by atoms with Crippen molar-refractivity contribution in [2.75, 3.05) is 0 Å². The van der Waals surface area contributed by atoms with Crippen LogP contribution in [0, 0.1) is 24.7 Å². The monoisotopic (exact) mass is 201 g/mol. The van der Waals surface area contributed by atoms with Gasteiger partial charge in [-0.25, -0.2) is 9.13 Å². The van der Waals surface area contributed by atoms with Crippen LogP contribution in [0.1, 0.15) is 25.7 Å². The first-order chi connectivity index (χ1) is 7.36. The fraction of sp³-hybridized carbons (Fsp3) is 0.462. The van der Waals surface area contributed by atoms with Gasteiger partial charge in [0.2, 0.25) is 6.33 Å². The summed E-state index contributed by atoms with van der Waals surface area (Å²) in [4.78, 5) is 0. The number of aryl methyl sites for hydroxylation is 2. The maximum atomic E-state index is 5.20. The highest BCUT2D eigenvalue weighted by Crippen LogP contribution is 1.94. The molecule has 1 rings (SSSR count). The lowest BCUT2D eigenvalue weighted by Crippen LogP contribution is -2.30. The first-order valence-corrected chi connectivity index (χ1v) is 5.28. The van der Waals surface area contributed by atoms with Crippen molar-refractivity contribution in [2.24, 2.45) is 0 Å². The Kier molecular flexibility index (Phi) is 5.12. The molecule has 0 fully saturated rings. The molecule has 0 bridgehead atoms. The second-order valence-corrected chi connectivity index (χ2v) is 3.50. The molecule has 0 radical (unpaired) electrons. The van der Waals surface area contributed by atoms with Crippen LogP contribution < -0.4 is 4.57 Å². The van der Waals surface area contributed by atoms with Crippen molar-refractivity contribution in [1.82, 2.24) is 4.57 Å². The Morgan fingerprint density at radius 2 is 1.87 bits per heavy atom. The Morgan fingerprint density at radius 3 is 2.60 bits per heavy atom. The van der Waals surface area contributed by atoms with Gasteiger partial charge in [0.05, 0.1) is 13.1 Å². The lowest BCUT2D eigenvalue weighted by atomic mass is 10.3. The summed E-state index contributed by atoms with van der Waals surface area (Å²) in [6, 6.07) is 0. The molecule has 78 valence electrons. The van der Waals surface area contributed by atoms with Gasteiger partial charge >= 0.3 is 0 Å². The van der Waals surface area contributed by atoms with Crippen LogP contribution in [0.25, 0.3) is 0 Å². The zero-order chi connectivity index (χ0) is 10.9. The summed E-state index contributed by atoms with van der Waals surface area (Å²) in [5.41, 5.74) is 0. The molecular formula is C13H17N2+. The van der Waals surface area contributed by atoms with Crippen molar-refractivity contribution in [1.29, 1.82) is 0 Å². The molecule has 1 aromatic rings. The average Bonchev–Trinajstić information content (AvgIpc) is 2.67. The van der Waals surface area contributed by atoms with Gasteiger partial charge in [0.25, 0.3) is 0 Å². The highest BCUT2D eigenvalue weighted by atomic mass is 15.1. The maximum absolute atomic E-state index is 5.20. The third-order valence-electron chi connectivity index (χ3n) is 2.22. The van der Waals surface area contributed by atoms with E-state index in [1.807, 2.05) is 0 Å². The summed E-state index contributed by atoms with van der Waals surface area (Å²) >= 11 is 0. The number of rotatable bonds is 6. The maximum Gasteiger partial charge on any atom is 0.243 e. The Labute approximate surface area is 91.9 Å². The molecule has 0 saturated heterocycles. The zero-order valence-corrected chi connectivity index (χ0v) is 9.02. The van der Waals surface area contributed by atoms with Crippen molar-refractivity contribution in [3.8, 4) is 24.7 Å². The minimum atomic E-state index is 0.843. The summed E-state index contributed by atoms with van der Waals surface area (Å²) in [6.07, 6.45) is 20.4. The summed E-state index contributed by atoms with van der Waals surface area (Å²) in [5.74, 6) is 5.29. The average molecular weight is 201 g/mol. The first kappa shape index (κ1) is 11.4. The standard InChI is InChI=1S/C13H17N2/c1-3-5-7-9-14-11-12-15(13-14)10-8-6-4-2/h1-2,11-13H,5-10H2/q+1. The minimum absolute atomic E-state index is 0.843. The lowest BCUT2D eigenvalue weighted by molar-refractivity contribution is -0.696. The predicted octanol–water partition coefficient (Wildman–Crippen LogP) is 1.60. The lowest BCUT2D eigenvalue weighted by Gasteiger charge is -1.93. The molecule has 2 heteroatoms. The summed E-state index contributed by atoms with van der Waals surface area (Å²) in [5, 5.41) is 0. The number of aromatic nitrogens is 2. The van der Waals surface area contributed by atoms with E-state index < -0.39 is 0 Å². The Hall–Kier alpha value is -1.67. The number of nitrogens with zero attached hydrogens (tertiary/aromatic N) is 2. The van der Waals surface area contributed by atoms with E-state index in [9.17, 15) is 0 Å². The molecule has 0 atom stereocenters. The van der Waals surface area contributed by atoms with Crippen LogP contribution >= 0.6 is 0 Å². The molecule has 0 aliphatic rings. The quantitative estimate of drug-likeness (QED) is 0.375. The van der Waals surface area contributed by atoms with Crippen molar-refractivity contribution >= 4 is 0 Å². The molecule has 0 spiro atoms. The van der Waals surface area contributed by atoms with Crippen LogP contribution in [0.5, 0.6) is 0 Å². The molecule has 0 aliphatic heterocycles. The number of hydrogen-bond acceptors (Lipinski definition) is 0. The van der Waals surface area contributed by atoms with Gasteiger partial charge < -0.3 is 0 Å². The third-order valence-corrected chi connectivity index (χ3v) is 2.22. The number of imidazole rings is 1. The summed E-state index contributed by atoms with van der Waals surface area (Å²) < 4.78 is 4.32. The zero-order valence-electron chi connectivity index (χ0n) is 9.02. The van der Waals surface area contributed by atoms with E-state index in [0.29, 0.717) is 0 Å². The van der Waals surface area contributed by atoms with Gasteiger partial charge in [0.15, 0.2) is 0 Å². The van der Waals surface area contributed by atoms with Crippen LogP contribution in [-0.4, -0.2) is 4.57 Å². The Morgan fingerprint density at radius 1 is 1.13 bits per heavy atom. The van der Waals surface area contributed by atoms with E-state index >= 15 is 0 Å². The molecule has 0 unspecified atom stereocenters. The molecule has 0 saturated carbocycles. The third kappa shape index (κ3) is 4.38. The number of terminal acetylenes is 2. The van der Waals surface area contributed by atoms with E-state index in [4.69, 9.17) is 12.8 Å². The van der Waals surface area contributed by atoms with Crippen molar-refractivity contribution in [3.05, 3.63) is 18.7 Å². The summed E-state index contributed by atoms with van der Waals surface area (Å²) in [6.45, 7) is 1.98. The van der Waals surface area contributed by atoms with E-state index in [-0.39, 0.29) is 0 Å². The molecule has 0 aliphatic carbocycles. The molecule has 15 heavy (non-hydrogen) atoms. The normalized spacial score (nSPS) is 9.47. The van der Waals surface area contributed by atoms with E-state index in [0.717, 1.165) is 38.8 Å². The van der Waals surface area contributed by atoms with Gasteiger partial charge in [-0.15, -0.1) is 24.7 Å². The van der Waals surface area contributed by atoms with Gasteiger partial charge in [-0.1, -0.05) is 0 Å². The smallest absolute Gasteiger partial charge is 0.237 e. The first-order valence-electron chi connectivity index (χ1n) is 5.28. The largest absolute Gasteiger partial charge is 0.243 e. The second-order valence-electron chi connectivity index (χ2n) is 3.50. The molecule has 1 heterocycles. The fourth-order valence-corrected chi connectivity index (χ4v) is 1.43. The van der Waals surface area contributed by atoms with E-state index in [1.165, 1.54) is 0 Å². The number of unbranched alkanes of at least 4 members (excludes halogenated alkanes) is 2. The van der Waals surface area contributed by atoms with Gasteiger partial charge in [-0.05, 0) is 12.8 Å². The van der Waals surface area contributed by atoms with Crippen molar-refractivity contribution < 1.29 is 4.57 Å². The molecule has 0 amide bonds. The molecular weight excluding hydrogens is 184 g/mol. The van der Waals surface area contributed by atoms with Crippen LogP contribution in [0.15, 0.2) is 18.7 Å². The second kappa shape index (κ2) is 6.74. The predicted molar refractivity (Wildman–Crippen MR) is 60.8 cm³/mol. The molecule has 2 nitrogen and oxygen atoms in total. The van der Waals surface area contributed by atoms with Crippen LogP contribution in [0.2, 0.25) is 0 Å². The Bertz CT molecular complexity index is 328. The van der Waals surface area contributed by atoms with Crippen LogP contribution in [-0.2, 0) is 13.1 Å². The Balaban J connectivity index is 2.30. The van der Waals surface area contributed by atoms with Gasteiger partial charge in [0, 0.05) is 12.8 Å². The van der Waals surface area contributed by atoms with E-state index in [1.54, 1.807) is 0 Å². The van der Waals surface area contributed by atoms with Crippen molar-refractivity contribution in [2.45, 2.75) is 38.8 Å². The van der Waals surface area contributed by atoms with E-state index in [2.05, 4.69) is 39.7 Å². The summed E-state index contributed by atoms with van der Waals surface area (Å²) in [7, 11) is 0. The van der Waals surface area contributed by atoms with Gasteiger partial charge in [0.1, 0.15) is 12.4 Å².